The van der Waals surface area contributed by atoms with Gasteiger partial charge in [0.25, 0.3) is 0 Å². The molecule has 21 heavy (non-hydrogen) atoms. The summed E-state index contributed by atoms with van der Waals surface area (Å²) in [6, 6.07) is 5.31. The summed E-state index contributed by atoms with van der Waals surface area (Å²) in [6.07, 6.45) is 1.47. The zero-order chi connectivity index (χ0) is 15.4. The summed E-state index contributed by atoms with van der Waals surface area (Å²) in [7, 11) is 3.17. The first-order valence-electron chi connectivity index (χ1n) is 6.48. The van der Waals surface area contributed by atoms with Gasteiger partial charge in [-0.25, -0.2) is 0 Å². The number of ether oxygens (including phenoxy) is 2. The fourth-order valence-corrected chi connectivity index (χ4v) is 2.26. The Kier molecular flexibility index (Phi) is 4.98. The highest BCUT2D eigenvalue weighted by molar-refractivity contribution is 6.34. The van der Waals surface area contributed by atoms with E-state index in [0.717, 1.165) is 5.56 Å². The molecule has 0 aliphatic carbocycles. The van der Waals surface area contributed by atoms with Crippen LogP contribution in [0.15, 0.2) is 24.4 Å². The van der Waals surface area contributed by atoms with E-state index < -0.39 is 0 Å². The number of carbonyl (C=O) groups excluding carboxylic acids is 1. The highest BCUT2D eigenvalue weighted by Crippen LogP contribution is 2.24. The van der Waals surface area contributed by atoms with E-state index >= 15 is 0 Å². The van der Waals surface area contributed by atoms with Gasteiger partial charge in [-0.15, -0.1) is 0 Å². The summed E-state index contributed by atoms with van der Waals surface area (Å²) in [5.41, 5.74) is 1.84. The van der Waals surface area contributed by atoms with Gasteiger partial charge in [-0.05, 0) is 18.6 Å². The smallest absolute Gasteiger partial charge is 0.212 e. The van der Waals surface area contributed by atoms with Crippen molar-refractivity contribution in [3.05, 3.63) is 46.2 Å². The zero-order valence-electron chi connectivity index (χ0n) is 12.2. The topological polar surface area (TPSA) is 53.4 Å². The maximum atomic E-state index is 12.7. The Bertz CT molecular complexity index is 652. The zero-order valence-corrected chi connectivity index (χ0v) is 13.0. The summed E-state index contributed by atoms with van der Waals surface area (Å²) in [5.74, 6) is 0.479. The lowest BCUT2D eigenvalue weighted by atomic mass is 10.1. The summed E-state index contributed by atoms with van der Waals surface area (Å²) >= 11 is 6.10. The number of halogens is 1. The minimum Gasteiger partial charge on any atom is -0.496 e. The Hall–Kier alpha value is -1.85. The number of aryl methyl sites for hydroxylation is 1. The van der Waals surface area contributed by atoms with Crippen molar-refractivity contribution in [3.63, 3.8) is 0 Å². The van der Waals surface area contributed by atoms with E-state index in [-0.39, 0.29) is 5.78 Å². The molecule has 1 aromatic carbocycles. The van der Waals surface area contributed by atoms with E-state index in [2.05, 4.69) is 5.10 Å². The molecule has 0 bridgehead atoms. The molecule has 0 amide bonds. The molecule has 0 fully saturated rings. The molecule has 0 radical (unpaired) electrons. The molecule has 0 unspecified atom stereocenters. The summed E-state index contributed by atoms with van der Waals surface area (Å²) in [6.45, 7) is 2.84. The molecule has 0 saturated carbocycles. The Morgan fingerprint density at radius 1 is 1.38 bits per heavy atom. The van der Waals surface area contributed by atoms with Gasteiger partial charge in [0, 0.05) is 12.7 Å². The van der Waals surface area contributed by atoms with Gasteiger partial charge >= 0.3 is 0 Å². The predicted molar refractivity (Wildman–Crippen MR) is 80.3 cm³/mol. The van der Waals surface area contributed by atoms with Crippen LogP contribution >= 0.6 is 11.6 Å². The van der Waals surface area contributed by atoms with E-state index in [1.54, 1.807) is 31.0 Å². The molecule has 2 rings (SSSR count). The van der Waals surface area contributed by atoms with Gasteiger partial charge in [-0.3, -0.25) is 9.48 Å². The van der Waals surface area contributed by atoms with Crippen LogP contribution in [0.1, 0.15) is 21.6 Å². The monoisotopic (exact) mass is 308 g/mol. The lowest BCUT2D eigenvalue weighted by Gasteiger charge is -2.09. The van der Waals surface area contributed by atoms with Gasteiger partial charge < -0.3 is 9.47 Å². The third-order valence-electron chi connectivity index (χ3n) is 3.19. The van der Waals surface area contributed by atoms with Crippen LogP contribution in [0, 0.1) is 6.92 Å². The predicted octanol–water partition coefficient (Wildman–Crippen LogP) is 2.73. The second-order valence-corrected chi connectivity index (χ2v) is 4.98. The standard InChI is InChI=1S/C15H17ClN2O3/c1-10-4-5-11(8-13(10)21-3)15(19)14-12(16)9-17-18(14)6-7-20-2/h4-5,8-9H,6-7H2,1-3H3. The quantitative estimate of drug-likeness (QED) is 0.770. The molecule has 6 heteroatoms. The minimum absolute atomic E-state index is 0.188. The van der Waals surface area contributed by atoms with Gasteiger partial charge in [0.15, 0.2) is 0 Å². The van der Waals surface area contributed by atoms with Crippen LogP contribution in [0.25, 0.3) is 0 Å². The maximum Gasteiger partial charge on any atom is 0.212 e. The SMILES string of the molecule is COCCn1ncc(Cl)c1C(=O)c1ccc(C)c(OC)c1. The van der Waals surface area contributed by atoms with Crippen LogP contribution in [0.3, 0.4) is 0 Å². The molecular weight excluding hydrogens is 292 g/mol. The average molecular weight is 309 g/mol. The van der Waals surface area contributed by atoms with Crippen LogP contribution in [0.5, 0.6) is 5.75 Å². The largest absolute Gasteiger partial charge is 0.496 e. The van der Waals surface area contributed by atoms with Crippen LogP contribution < -0.4 is 4.74 Å². The van der Waals surface area contributed by atoms with E-state index in [0.29, 0.717) is 35.2 Å². The average Bonchev–Trinajstić information content (AvgIpc) is 2.85. The number of hydrogen-bond donors (Lipinski definition) is 0. The molecule has 0 atom stereocenters. The van der Waals surface area contributed by atoms with Crippen molar-refractivity contribution in [2.45, 2.75) is 13.5 Å². The molecule has 5 nitrogen and oxygen atoms in total. The van der Waals surface area contributed by atoms with Gasteiger partial charge in [-0.2, -0.15) is 5.10 Å². The second kappa shape index (κ2) is 6.74. The molecule has 2 aromatic rings. The number of rotatable bonds is 6. The molecule has 112 valence electrons. The number of nitrogens with zero attached hydrogens (tertiary/aromatic N) is 2. The van der Waals surface area contributed by atoms with Crippen LogP contribution in [-0.2, 0) is 11.3 Å². The first-order chi connectivity index (χ1) is 10.1. The van der Waals surface area contributed by atoms with Gasteiger partial charge in [-0.1, -0.05) is 23.7 Å². The van der Waals surface area contributed by atoms with Crippen molar-refractivity contribution in [1.29, 1.82) is 0 Å². The lowest BCUT2D eigenvalue weighted by Crippen LogP contribution is -2.15. The molecular formula is C15H17ClN2O3. The van der Waals surface area contributed by atoms with Crippen molar-refractivity contribution >= 4 is 17.4 Å². The number of ketones is 1. The van der Waals surface area contributed by atoms with E-state index in [1.807, 2.05) is 13.0 Å². The number of carbonyl (C=O) groups is 1. The van der Waals surface area contributed by atoms with E-state index in [9.17, 15) is 4.79 Å². The van der Waals surface area contributed by atoms with Crippen molar-refractivity contribution in [2.24, 2.45) is 0 Å². The molecule has 0 saturated heterocycles. The van der Waals surface area contributed by atoms with Crippen LogP contribution in [-0.4, -0.2) is 36.4 Å². The normalized spacial score (nSPS) is 10.7. The fourth-order valence-electron chi connectivity index (χ4n) is 2.03. The van der Waals surface area contributed by atoms with Crippen LogP contribution in [0.4, 0.5) is 0 Å². The summed E-state index contributed by atoms with van der Waals surface area (Å²) < 4.78 is 11.8. The Balaban J connectivity index is 2.38. The number of aromatic nitrogens is 2. The van der Waals surface area contributed by atoms with Gasteiger partial charge in [0.2, 0.25) is 5.78 Å². The first-order valence-corrected chi connectivity index (χ1v) is 6.86. The summed E-state index contributed by atoms with van der Waals surface area (Å²) in [5, 5.41) is 4.44. The summed E-state index contributed by atoms with van der Waals surface area (Å²) in [4.78, 5) is 12.7. The van der Waals surface area contributed by atoms with E-state index in [4.69, 9.17) is 21.1 Å². The molecule has 0 aliphatic heterocycles. The third kappa shape index (κ3) is 3.25. The fraction of sp³-hybridized carbons (Fsp3) is 0.333. The highest BCUT2D eigenvalue weighted by atomic mass is 35.5. The number of benzene rings is 1. The van der Waals surface area contributed by atoms with Crippen molar-refractivity contribution < 1.29 is 14.3 Å². The Morgan fingerprint density at radius 3 is 2.81 bits per heavy atom. The highest BCUT2D eigenvalue weighted by Gasteiger charge is 2.20. The Morgan fingerprint density at radius 2 is 2.14 bits per heavy atom. The molecule has 0 aliphatic rings. The maximum absolute atomic E-state index is 12.7. The second-order valence-electron chi connectivity index (χ2n) is 4.57. The van der Waals surface area contributed by atoms with Crippen molar-refractivity contribution in [3.8, 4) is 5.75 Å². The number of hydrogen-bond acceptors (Lipinski definition) is 4. The molecule has 1 aromatic heterocycles. The molecule has 1 heterocycles. The Labute approximate surface area is 128 Å². The first kappa shape index (κ1) is 15.5. The van der Waals surface area contributed by atoms with Crippen molar-refractivity contribution in [2.75, 3.05) is 20.8 Å². The number of methoxy groups -OCH3 is 2. The van der Waals surface area contributed by atoms with Crippen molar-refractivity contribution in [1.82, 2.24) is 9.78 Å². The molecule has 0 spiro atoms. The van der Waals surface area contributed by atoms with Crippen LogP contribution in [0.2, 0.25) is 5.02 Å². The van der Waals surface area contributed by atoms with Gasteiger partial charge in [0.1, 0.15) is 11.4 Å². The minimum atomic E-state index is -0.188. The van der Waals surface area contributed by atoms with Gasteiger partial charge in [0.05, 0.1) is 31.5 Å². The lowest BCUT2D eigenvalue weighted by molar-refractivity contribution is 0.102. The molecule has 0 N–H and O–H groups in total. The third-order valence-corrected chi connectivity index (χ3v) is 3.46. The van der Waals surface area contributed by atoms with E-state index in [1.165, 1.54) is 6.20 Å².